The van der Waals surface area contributed by atoms with Crippen LogP contribution < -0.4 is 4.72 Å². The van der Waals surface area contributed by atoms with E-state index in [1.165, 1.54) is 0 Å². The van der Waals surface area contributed by atoms with Gasteiger partial charge in [-0.25, -0.2) is 17.2 Å². The summed E-state index contributed by atoms with van der Waals surface area (Å²) in [5.41, 5.74) is 0.620. The number of rotatable bonds is 4. The number of benzene rings is 1. The first-order valence-corrected chi connectivity index (χ1v) is 11.0. The lowest BCUT2D eigenvalue weighted by Crippen LogP contribution is -2.33. The van der Waals surface area contributed by atoms with Crippen LogP contribution in [0.1, 0.15) is 47.4 Å². The van der Waals surface area contributed by atoms with Gasteiger partial charge in [0.2, 0.25) is 0 Å². The molecule has 1 aromatic carbocycles. The molecule has 0 bridgehead atoms. The summed E-state index contributed by atoms with van der Waals surface area (Å²) < 4.78 is 57.3. The fourth-order valence-electron chi connectivity index (χ4n) is 3.70. The number of carbonyl (C=O) groups excluding carboxylic acids is 1. The predicted octanol–water partition coefficient (Wildman–Crippen LogP) is 3.74. The zero-order chi connectivity index (χ0) is 21.3. The van der Waals surface area contributed by atoms with Crippen molar-refractivity contribution in [3.63, 3.8) is 0 Å². The van der Waals surface area contributed by atoms with Crippen LogP contribution in [0.25, 0.3) is 0 Å². The first-order chi connectivity index (χ1) is 13.6. The van der Waals surface area contributed by atoms with E-state index in [4.69, 9.17) is 0 Å². The predicted molar refractivity (Wildman–Crippen MR) is 106 cm³/mol. The summed E-state index contributed by atoms with van der Waals surface area (Å²) in [4.78, 5) is 14.8. The van der Waals surface area contributed by atoms with Crippen LogP contribution in [0.2, 0.25) is 0 Å². The Morgan fingerprint density at radius 1 is 1.03 bits per heavy atom. The molecule has 3 rings (SSSR count). The number of amides is 1. The summed E-state index contributed by atoms with van der Waals surface area (Å²) in [7, 11) is -2.60. The summed E-state index contributed by atoms with van der Waals surface area (Å²) in [5.74, 6) is -2.18. The van der Waals surface area contributed by atoms with E-state index in [1.807, 2.05) is 0 Å². The largest absolute Gasteiger partial charge is 0.350 e. The third kappa shape index (κ3) is 4.14. The third-order valence-corrected chi connectivity index (χ3v) is 7.00. The van der Waals surface area contributed by atoms with Crippen molar-refractivity contribution < 1.29 is 22.0 Å². The molecule has 158 valence electrons. The van der Waals surface area contributed by atoms with Crippen LogP contribution in [-0.4, -0.2) is 36.9 Å². The van der Waals surface area contributed by atoms with Crippen LogP contribution in [0.15, 0.2) is 23.1 Å². The van der Waals surface area contributed by atoms with Gasteiger partial charge in [0, 0.05) is 37.6 Å². The van der Waals surface area contributed by atoms with Gasteiger partial charge in [0.15, 0.2) is 0 Å². The lowest BCUT2D eigenvalue weighted by molar-refractivity contribution is 0.0757. The van der Waals surface area contributed by atoms with Crippen LogP contribution in [-0.2, 0) is 17.1 Å². The Kier molecular flexibility index (Phi) is 5.97. The molecule has 0 spiro atoms. The van der Waals surface area contributed by atoms with E-state index in [1.54, 1.807) is 30.4 Å². The van der Waals surface area contributed by atoms with Crippen molar-refractivity contribution in [2.75, 3.05) is 17.8 Å². The Bertz CT molecular complexity index is 1040. The van der Waals surface area contributed by atoms with Crippen molar-refractivity contribution in [1.29, 1.82) is 0 Å². The van der Waals surface area contributed by atoms with Gasteiger partial charge in [0.05, 0.1) is 11.3 Å². The van der Waals surface area contributed by atoms with E-state index in [0.29, 0.717) is 30.5 Å². The van der Waals surface area contributed by atoms with Gasteiger partial charge in [-0.15, -0.1) is 0 Å². The van der Waals surface area contributed by atoms with Crippen LogP contribution in [0, 0.1) is 25.5 Å². The van der Waals surface area contributed by atoms with Crippen molar-refractivity contribution in [3.05, 3.63) is 46.8 Å². The van der Waals surface area contributed by atoms with Gasteiger partial charge in [-0.3, -0.25) is 9.52 Å². The van der Waals surface area contributed by atoms with Gasteiger partial charge >= 0.3 is 0 Å². The van der Waals surface area contributed by atoms with Gasteiger partial charge in [-0.05, 0) is 38.8 Å². The van der Waals surface area contributed by atoms with E-state index >= 15 is 0 Å². The van der Waals surface area contributed by atoms with E-state index < -0.39 is 21.7 Å². The SMILES string of the molecule is Cc1c(C(=O)N2CCCCCC2)c(S(=O)(=O)Nc2ccc(F)cc2F)c(C)n1C. The molecule has 29 heavy (non-hydrogen) atoms. The molecule has 0 radical (unpaired) electrons. The Balaban J connectivity index is 2.06. The zero-order valence-electron chi connectivity index (χ0n) is 16.8. The lowest BCUT2D eigenvalue weighted by atomic mass is 10.2. The first-order valence-electron chi connectivity index (χ1n) is 9.56. The molecule has 1 aliphatic heterocycles. The highest BCUT2D eigenvalue weighted by atomic mass is 32.2. The van der Waals surface area contributed by atoms with Gasteiger partial charge in [0.25, 0.3) is 15.9 Å². The van der Waals surface area contributed by atoms with Gasteiger partial charge in [-0.2, -0.15) is 0 Å². The van der Waals surface area contributed by atoms with Crippen LogP contribution in [0.4, 0.5) is 14.5 Å². The number of nitrogens with one attached hydrogen (secondary N) is 1. The highest BCUT2D eigenvalue weighted by Gasteiger charge is 2.33. The molecule has 0 unspecified atom stereocenters. The topological polar surface area (TPSA) is 71.4 Å². The third-order valence-electron chi connectivity index (χ3n) is 5.48. The van der Waals surface area contributed by atoms with Crippen molar-refractivity contribution in [1.82, 2.24) is 9.47 Å². The summed E-state index contributed by atoms with van der Waals surface area (Å²) in [6.07, 6.45) is 3.82. The fourth-order valence-corrected chi connectivity index (χ4v) is 5.28. The molecule has 6 nitrogen and oxygen atoms in total. The van der Waals surface area contributed by atoms with Crippen LogP contribution in [0.3, 0.4) is 0 Å². The summed E-state index contributed by atoms with van der Waals surface area (Å²) in [5, 5.41) is 0. The number of halogens is 2. The molecule has 1 aromatic heterocycles. The van der Waals surface area contributed by atoms with E-state index in [2.05, 4.69) is 4.72 Å². The molecule has 1 aliphatic rings. The Morgan fingerprint density at radius 2 is 1.66 bits per heavy atom. The van der Waals surface area contributed by atoms with Crippen molar-refractivity contribution >= 4 is 21.6 Å². The molecular formula is C20H25F2N3O3S. The molecule has 0 aliphatic carbocycles. The van der Waals surface area contributed by atoms with Gasteiger partial charge in [-0.1, -0.05) is 12.8 Å². The normalized spacial score (nSPS) is 15.3. The maximum absolute atomic E-state index is 14.0. The number of sulfonamides is 1. The maximum Gasteiger partial charge on any atom is 0.264 e. The average Bonchev–Trinajstić information content (AvgIpc) is 2.86. The second-order valence-corrected chi connectivity index (χ2v) is 8.99. The van der Waals surface area contributed by atoms with Crippen molar-refractivity contribution in [3.8, 4) is 0 Å². The van der Waals surface area contributed by atoms with Gasteiger partial charge in [0.1, 0.15) is 16.5 Å². The molecular weight excluding hydrogens is 400 g/mol. The Hall–Kier alpha value is -2.42. The fraction of sp³-hybridized carbons (Fsp3) is 0.450. The van der Waals surface area contributed by atoms with E-state index in [0.717, 1.165) is 37.8 Å². The second-order valence-electron chi connectivity index (χ2n) is 7.37. The number of likely N-dealkylation sites (tertiary alicyclic amines) is 1. The van der Waals surface area contributed by atoms with Crippen LogP contribution >= 0.6 is 0 Å². The molecule has 1 N–H and O–H groups in total. The quantitative estimate of drug-likeness (QED) is 0.811. The highest BCUT2D eigenvalue weighted by molar-refractivity contribution is 7.92. The second kappa shape index (κ2) is 8.14. The van der Waals surface area contributed by atoms with E-state index in [9.17, 15) is 22.0 Å². The molecule has 0 atom stereocenters. The van der Waals surface area contributed by atoms with Crippen LogP contribution in [0.5, 0.6) is 0 Å². The number of aromatic nitrogens is 1. The summed E-state index contributed by atoms with van der Waals surface area (Å²) >= 11 is 0. The molecule has 1 fully saturated rings. The molecule has 1 saturated heterocycles. The van der Waals surface area contributed by atoms with Gasteiger partial charge < -0.3 is 9.47 Å². The molecule has 2 aromatic rings. The number of hydrogen-bond donors (Lipinski definition) is 1. The smallest absolute Gasteiger partial charge is 0.264 e. The maximum atomic E-state index is 14.0. The molecule has 2 heterocycles. The molecule has 9 heteroatoms. The standard InChI is InChI=1S/C20H25F2N3O3S/c1-13-18(20(26)25-10-6-4-5-7-11-25)19(14(2)24(13)3)29(27,28)23-17-9-8-15(21)12-16(17)22/h8-9,12,23H,4-7,10-11H2,1-3H3. The van der Waals surface area contributed by atoms with Crippen molar-refractivity contribution in [2.45, 2.75) is 44.4 Å². The summed E-state index contributed by atoms with van der Waals surface area (Å²) in [6.45, 7) is 4.44. The average molecular weight is 426 g/mol. The minimum absolute atomic E-state index is 0.0990. The summed E-state index contributed by atoms with van der Waals surface area (Å²) in [6, 6.07) is 2.58. The Labute approximate surface area is 169 Å². The van der Waals surface area contributed by atoms with Crippen molar-refractivity contribution in [2.24, 2.45) is 7.05 Å². The zero-order valence-corrected chi connectivity index (χ0v) is 17.6. The molecule has 1 amide bonds. The van der Waals surface area contributed by atoms with E-state index in [-0.39, 0.29) is 22.1 Å². The highest BCUT2D eigenvalue weighted by Crippen LogP contribution is 2.30. The minimum atomic E-state index is -4.29. The molecule has 0 saturated carbocycles. The Morgan fingerprint density at radius 3 is 2.24 bits per heavy atom. The number of anilines is 1. The monoisotopic (exact) mass is 425 g/mol. The first kappa shape index (κ1) is 21.3. The number of hydrogen-bond acceptors (Lipinski definition) is 3. The number of carbonyl (C=O) groups is 1. The lowest BCUT2D eigenvalue weighted by Gasteiger charge is -2.21. The minimum Gasteiger partial charge on any atom is -0.350 e. The number of nitrogens with zero attached hydrogens (tertiary/aromatic N) is 2.